The summed E-state index contributed by atoms with van der Waals surface area (Å²) in [5.41, 5.74) is 0. The van der Waals surface area contributed by atoms with Crippen LogP contribution in [0.5, 0.6) is 0 Å². The minimum atomic E-state index is -3.10. The summed E-state index contributed by atoms with van der Waals surface area (Å²) in [4.78, 5) is 2.24. The molecule has 1 rings (SSSR count). The first kappa shape index (κ1) is 18.6. The predicted molar refractivity (Wildman–Crippen MR) is 83.9 cm³/mol. The number of allylic oxidation sites excluding steroid dienone is 1. The second kappa shape index (κ2) is 10.3. The van der Waals surface area contributed by atoms with Gasteiger partial charge in [0.1, 0.15) is 0 Å². The number of ether oxygens (including phenoxy) is 2. The van der Waals surface area contributed by atoms with Gasteiger partial charge in [-0.3, -0.25) is 4.90 Å². The number of rotatable bonds is 11. The Kier molecular flexibility index (Phi) is 9.10. The molecule has 21 heavy (non-hydrogen) atoms. The van der Waals surface area contributed by atoms with Gasteiger partial charge in [0, 0.05) is 39.8 Å². The van der Waals surface area contributed by atoms with Crippen LogP contribution in [0.25, 0.3) is 0 Å². The minimum absolute atomic E-state index is 0.221. The molecule has 1 fully saturated rings. The van der Waals surface area contributed by atoms with Crippen LogP contribution >= 0.6 is 0 Å². The summed E-state index contributed by atoms with van der Waals surface area (Å²) in [6.07, 6.45) is 3.16. The fraction of sp³-hybridized carbons (Fsp3) is 0.857. The zero-order chi connectivity index (χ0) is 15.6. The van der Waals surface area contributed by atoms with E-state index in [1.165, 1.54) is 0 Å². The molecule has 0 bridgehead atoms. The molecule has 0 N–H and O–H groups in total. The molecule has 0 radical (unpaired) electrons. The Morgan fingerprint density at radius 1 is 1.14 bits per heavy atom. The van der Waals surface area contributed by atoms with Gasteiger partial charge >= 0.3 is 0 Å². The highest BCUT2D eigenvalue weighted by molar-refractivity contribution is 7.89. The summed E-state index contributed by atoms with van der Waals surface area (Å²) in [7, 11) is -1.45. The van der Waals surface area contributed by atoms with E-state index in [2.05, 4.69) is 11.5 Å². The third kappa shape index (κ3) is 7.37. The van der Waals surface area contributed by atoms with Gasteiger partial charge in [-0.2, -0.15) is 4.31 Å². The maximum atomic E-state index is 12.1. The maximum absolute atomic E-state index is 12.1. The van der Waals surface area contributed by atoms with Gasteiger partial charge in [-0.15, -0.1) is 6.58 Å². The molecule has 0 spiro atoms. The van der Waals surface area contributed by atoms with E-state index in [4.69, 9.17) is 9.47 Å². The third-order valence-corrected chi connectivity index (χ3v) is 5.48. The van der Waals surface area contributed by atoms with Crippen LogP contribution in [0.2, 0.25) is 0 Å². The number of nitrogens with zero attached hydrogens (tertiary/aromatic N) is 2. The normalized spacial score (nSPS) is 18.0. The standard InChI is InChI=1S/C14H28N2O4S/c1-3-4-5-14-21(17,18)16-8-6-15(7-9-16)10-11-20-13-12-19-2/h3H,1,4-14H2,2H3. The summed E-state index contributed by atoms with van der Waals surface area (Å²) in [5, 5.41) is 0. The lowest BCUT2D eigenvalue weighted by molar-refractivity contribution is 0.0519. The van der Waals surface area contributed by atoms with Crippen LogP contribution in [0.1, 0.15) is 12.8 Å². The van der Waals surface area contributed by atoms with Crippen LogP contribution in [0.4, 0.5) is 0 Å². The van der Waals surface area contributed by atoms with Crippen LogP contribution in [0, 0.1) is 0 Å². The molecule has 1 heterocycles. The first-order valence-electron chi connectivity index (χ1n) is 7.48. The van der Waals surface area contributed by atoms with E-state index in [9.17, 15) is 8.42 Å². The van der Waals surface area contributed by atoms with Gasteiger partial charge in [-0.25, -0.2) is 8.42 Å². The van der Waals surface area contributed by atoms with E-state index in [0.29, 0.717) is 39.3 Å². The van der Waals surface area contributed by atoms with Crippen molar-refractivity contribution >= 4 is 10.0 Å². The van der Waals surface area contributed by atoms with Crippen LogP contribution in [-0.4, -0.2) is 83.0 Å². The van der Waals surface area contributed by atoms with E-state index in [0.717, 1.165) is 26.1 Å². The number of piperazine rings is 1. The smallest absolute Gasteiger partial charge is 0.214 e. The summed E-state index contributed by atoms with van der Waals surface area (Å²) < 4.78 is 36.2. The topological polar surface area (TPSA) is 59.1 Å². The molecule has 0 saturated carbocycles. The molecule has 1 aliphatic heterocycles. The van der Waals surface area contributed by atoms with Crippen LogP contribution in [0.15, 0.2) is 12.7 Å². The number of hydrogen-bond donors (Lipinski definition) is 0. The van der Waals surface area contributed by atoms with E-state index in [-0.39, 0.29) is 5.75 Å². The van der Waals surface area contributed by atoms with Crippen LogP contribution in [-0.2, 0) is 19.5 Å². The number of sulfonamides is 1. The Labute approximate surface area is 128 Å². The van der Waals surface area contributed by atoms with Gasteiger partial charge in [0.2, 0.25) is 10.0 Å². The fourth-order valence-electron chi connectivity index (χ4n) is 2.21. The molecule has 0 unspecified atom stereocenters. The Bertz CT molecular complexity index is 378. The second-order valence-electron chi connectivity index (χ2n) is 5.09. The first-order valence-corrected chi connectivity index (χ1v) is 9.09. The zero-order valence-electron chi connectivity index (χ0n) is 13.0. The van der Waals surface area contributed by atoms with E-state index >= 15 is 0 Å². The predicted octanol–water partition coefficient (Wildman–Crippen LogP) is 0.563. The lowest BCUT2D eigenvalue weighted by atomic mass is 10.3. The summed E-state index contributed by atoms with van der Waals surface area (Å²) in [5.74, 6) is 0.221. The molecule has 1 saturated heterocycles. The quantitative estimate of drug-likeness (QED) is 0.411. The van der Waals surface area contributed by atoms with Crippen molar-refractivity contribution in [3.63, 3.8) is 0 Å². The van der Waals surface area contributed by atoms with Crippen molar-refractivity contribution < 1.29 is 17.9 Å². The van der Waals surface area contributed by atoms with Gasteiger partial charge in [0.05, 0.1) is 25.6 Å². The minimum Gasteiger partial charge on any atom is -0.382 e. The molecular formula is C14H28N2O4S. The van der Waals surface area contributed by atoms with Gasteiger partial charge in [0.15, 0.2) is 0 Å². The largest absolute Gasteiger partial charge is 0.382 e. The summed E-state index contributed by atoms with van der Waals surface area (Å²) in [6, 6.07) is 0. The molecule has 0 atom stereocenters. The molecular weight excluding hydrogens is 292 g/mol. The molecule has 0 aromatic carbocycles. The van der Waals surface area contributed by atoms with Crippen molar-refractivity contribution in [3.05, 3.63) is 12.7 Å². The fourth-order valence-corrected chi connectivity index (χ4v) is 3.72. The van der Waals surface area contributed by atoms with E-state index in [1.807, 2.05) is 0 Å². The summed E-state index contributed by atoms with van der Waals surface area (Å²) >= 11 is 0. The maximum Gasteiger partial charge on any atom is 0.214 e. The molecule has 0 aromatic heterocycles. The molecule has 1 aliphatic rings. The highest BCUT2D eigenvalue weighted by Crippen LogP contribution is 2.10. The average molecular weight is 320 g/mol. The van der Waals surface area contributed by atoms with Gasteiger partial charge in [0.25, 0.3) is 0 Å². The molecule has 0 amide bonds. The molecule has 7 heteroatoms. The van der Waals surface area contributed by atoms with Crippen molar-refractivity contribution in [1.82, 2.24) is 9.21 Å². The SMILES string of the molecule is C=CCCCS(=O)(=O)N1CCN(CCOCCOC)CC1. The van der Waals surface area contributed by atoms with Gasteiger partial charge in [-0.05, 0) is 12.8 Å². The number of methoxy groups -OCH3 is 1. The molecule has 0 aromatic rings. The van der Waals surface area contributed by atoms with Crippen molar-refractivity contribution in [3.8, 4) is 0 Å². The highest BCUT2D eigenvalue weighted by atomic mass is 32.2. The molecule has 124 valence electrons. The van der Waals surface area contributed by atoms with Crippen LogP contribution in [0.3, 0.4) is 0 Å². The van der Waals surface area contributed by atoms with Crippen molar-refractivity contribution in [2.45, 2.75) is 12.8 Å². The lowest BCUT2D eigenvalue weighted by Crippen LogP contribution is -2.49. The molecule has 0 aliphatic carbocycles. The van der Waals surface area contributed by atoms with E-state index in [1.54, 1.807) is 17.5 Å². The average Bonchev–Trinajstić information content (AvgIpc) is 2.48. The van der Waals surface area contributed by atoms with Crippen molar-refractivity contribution in [2.75, 3.05) is 65.4 Å². The summed E-state index contributed by atoms with van der Waals surface area (Å²) in [6.45, 7) is 9.03. The third-order valence-electron chi connectivity index (χ3n) is 3.52. The number of hydrogen-bond acceptors (Lipinski definition) is 5. The molecule has 6 nitrogen and oxygen atoms in total. The lowest BCUT2D eigenvalue weighted by Gasteiger charge is -2.33. The van der Waals surface area contributed by atoms with Crippen LogP contribution < -0.4 is 0 Å². The zero-order valence-corrected chi connectivity index (χ0v) is 13.8. The number of unbranched alkanes of at least 4 members (excludes halogenated alkanes) is 1. The first-order chi connectivity index (χ1) is 10.1. The van der Waals surface area contributed by atoms with Crippen molar-refractivity contribution in [1.29, 1.82) is 0 Å². The Morgan fingerprint density at radius 2 is 1.86 bits per heavy atom. The second-order valence-corrected chi connectivity index (χ2v) is 7.18. The van der Waals surface area contributed by atoms with Gasteiger partial charge in [-0.1, -0.05) is 6.08 Å². The van der Waals surface area contributed by atoms with Gasteiger partial charge < -0.3 is 9.47 Å². The van der Waals surface area contributed by atoms with E-state index < -0.39 is 10.0 Å². The Hall–Kier alpha value is -0.470. The monoisotopic (exact) mass is 320 g/mol. The highest BCUT2D eigenvalue weighted by Gasteiger charge is 2.25. The Balaban J connectivity index is 2.20. The Morgan fingerprint density at radius 3 is 2.48 bits per heavy atom. The van der Waals surface area contributed by atoms with Crippen molar-refractivity contribution in [2.24, 2.45) is 0 Å².